The lowest BCUT2D eigenvalue weighted by Gasteiger charge is -2.27. The molecule has 6 nitrogen and oxygen atoms in total. The minimum atomic E-state index is 0.654. The molecule has 3 heterocycles. The summed E-state index contributed by atoms with van der Waals surface area (Å²) in [4.78, 5) is 7.01. The highest BCUT2D eigenvalue weighted by atomic mass is 35.5. The van der Waals surface area contributed by atoms with Crippen LogP contribution in [-0.4, -0.2) is 38.1 Å². The summed E-state index contributed by atoms with van der Waals surface area (Å²) < 4.78 is 1.72. The Hall–Kier alpha value is -1.95. The van der Waals surface area contributed by atoms with E-state index in [1.165, 1.54) is 19.3 Å². The zero-order valence-corrected chi connectivity index (χ0v) is 11.6. The number of tetrazole rings is 1. The highest BCUT2D eigenvalue weighted by Gasteiger charge is 2.19. The third-order valence-electron chi connectivity index (χ3n) is 3.72. The van der Waals surface area contributed by atoms with E-state index in [4.69, 9.17) is 16.6 Å². The Morgan fingerprint density at radius 2 is 1.95 bits per heavy atom. The minimum Gasteiger partial charge on any atom is -0.353 e. The van der Waals surface area contributed by atoms with Crippen molar-refractivity contribution in [3.63, 3.8) is 0 Å². The number of rotatable bonds is 1. The van der Waals surface area contributed by atoms with E-state index in [0.29, 0.717) is 10.7 Å². The molecule has 2 aromatic heterocycles. The van der Waals surface area contributed by atoms with E-state index >= 15 is 0 Å². The highest BCUT2D eigenvalue weighted by Crippen LogP contribution is 2.26. The van der Waals surface area contributed by atoms with E-state index in [-0.39, 0.29) is 0 Å². The van der Waals surface area contributed by atoms with Gasteiger partial charge in [0.1, 0.15) is 0 Å². The van der Waals surface area contributed by atoms with E-state index in [0.717, 1.165) is 29.9 Å². The van der Waals surface area contributed by atoms with Gasteiger partial charge in [-0.05, 0) is 47.9 Å². The van der Waals surface area contributed by atoms with Crippen LogP contribution < -0.4 is 4.90 Å². The summed E-state index contributed by atoms with van der Waals surface area (Å²) in [7, 11) is 0. The summed E-state index contributed by atoms with van der Waals surface area (Å²) in [5.74, 6) is 0.865. The molecule has 1 saturated heterocycles. The van der Waals surface area contributed by atoms with Crippen LogP contribution in [0.5, 0.6) is 0 Å². The highest BCUT2D eigenvalue weighted by molar-refractivity contribution is 6.31. The predicted octanol–water partition coefficient (Wildman–Crippen LogP) is 2.32. The van der Waals surface area contributed by atoms with Gasteiger partial charge in [0.15, 0.2) is 5.82 Å². The van der Waals surface area contributed by atoms with Gasteiger partial charge < -0.3 is 4.90 Å². The van der Waals surface area contributed by atoms with Crippen molar-refractivity contribution in [2.75, 3.05) is 18.0 Å². The van der Waals surface area contributed by atoms with Crippen LogP contribution in [0.1, 0.15) is 19.3 Å². The Bertz CT molecular complexity index is 777. The normalized spacial score (nSPS) is 16.1. The van der Waals surface area contributed by atoms with Crippen LogP contribution >= 0.6 is 11.6 Å². The molecule has 0 saturated carbocycles. The fourth-order valence-electron chi connectivity index (χ4n) is 2.73. The molecule has 1 aliphatic rings. The topological polar surface area (TPSA) is 59.2 Å². The van der Waals surface area contributed by atoms with Crippen molar-refractivity contribution in [2.24, 2.45) is 0 Å². The van der Waals surface area contributed by atoms with Crippen LogP contribution in [0.3, 0.4) is 0 Å². The van der Waals surface area contributed by atoms with Crippen LogP contribution in [0.4, 0.5) is 5.82 Å². The van der Waals surface area contributed by atoms with Gasteiger partial charge >= 0.3 is 0 Å². The average Bonchev–Trinajstić information content (AvgIpc) is 2.97. The fraction of sp³-hybridized carbons (Fsp3) is 0.385. The maximum atomic E-state index is 6.05. The third kappa shape index (κ3) is 1.79. The SMILES string of the molecule is Clc1ccc2nc(N3CCCCC3)c3nnnn3c2c1. The van der Waals surface area contributed by atoms with Gasteiger partial charge in [-0.3, -0.25) is 0 Å². The molecule has 20 heavy (non-hydrogen) atoms. The van der Waals surface area contributed by atoms with Crippen LogP contribution in [0.2, 0.25) is 5.02 Å². The minimum absolute atomic E-state index is 0.654. The third-order valence-corrected chi connectivity index (χ3v) is 3.95. The maximum absolute atomic E-state index is 6.05. The van der Waals surface area contributed by atoms with Crippen molar-refractivity contribution < 1.29 is 0 Å². The molecule has 0 N–H and O–H groups in total. The first kappa shape index (κ1) is 11.8. The first-order valence-electron chi connectivity index (χ1n) is 6.75. The van der Waals surface area contributed by atoms with Crippen LogP contribution in [0, 0.1) is 0 Å². The molecule has 0 amide bonds. The van der Waals surface area contributed by atoms with Crippen LogP contribution in [-0.2, 0) is 0 Å². The fourth-order valence-corrected chi connectivity index (χ4v) is 2.90. The monoisotopic (exact) mass is 288 g/mol. The van der Waals surface area contributed by atoms with Gasteiger partial charge in [-0.1, -0.05) is 11.6 Å². The van der Waals surface area contributed by atoms with Crippen molar-refractivity contribution in [3.05, 3.63) is 23.2 Å². The van der Waals surface area contributed by atoms with Crippen molar-refractivity contribution in [1.29, 1.82) is 0 Å². The lowest BCUT2D eigenvalue weighted by Crippen LogP contribution is -2.30. The van der Waals surface area contributed by atoms with Gasteiger partial charge in [0.2, 0.25) is 5.65 Å². The van der Waals surface area contributed by atoms with Crippen LogP contribution in [0.25, 0.3) is 16.7 Å². The molecule has 0 bridgehead atoms. The second kappa shape index (κ2) is 4.56. The number of halogens is 1. The molecule has 1 fully saturated rings. The molecule has 0 atom stereocenters. The summed E-state index contributed by atoms with van der Waals surface area (Å²) in [6.07, 6.45) is 3.66. The molecule has 1 aromatic carbocycles. The molecule has 0 spiro atoms. The Morgan fingerprint density at radius 3 is 2.80 bits per heavy atom. The number of benzene rings is 1. The zero-order valence-electron chi connectivity index (χ0n) is 10.8. The first-order chi connectivity index (χ1) is 9.83. The summed E-state index contributed by atoms with van der Waals surface area (Å²) in [6, 6.07) is 5.59. The summed E-state index contributed by atoms with van der Waals surface area (Å²) in [5.41, 5.74) is 2.38. The largest absolute Gasteiger partial charge is 0.353 e. The molecular formula is C13H13ClN6. The molecule has 0 unspecified atom stereocenters. The van der Waals surface area contributed by atoms with E-state index in [9.17, 15) is 0 Å². The van der Waals surface area contributed by atoms with Gasteiger partial charge in [0.25, 0.3) is 0 Å². The standard InChI is InChI=1S/C13H13ClN6/c14-9-4-5-10-11(8-9)20-13(16-17-18-20)12(15-10)19-6-2-1-3-7-19/h4-5,8H,1-3,6-7H2. The number of hydrogen-bond acceptors (Lipinski definition) is 5. The number of aromatic nitrogens is 5. The van der Waals surface area contributed by atoms with Crippen molar-refractivity contribution in [2.45, 2.75) is 19.3 Å². The van der Waals surface area contributed by atoms with Crippen molar-refractivity contribution in [3.8, 4) is 0 Å². The molecule has 3 aromatic rings. The average molecular weight is 289 g/mol. The molecule has 1 aliphatic heterocycles. The van der Waals surface area contributed by atoms with Crippen molar-refractivity contribution >= 4 is 34.1 Å². The molecule has 7 heteroatoms. The Labute approximate surface area is 120 Å². The van der Waals surface area contributed by atoms with E-state index in [1.807, 2.05) is 18.2 Å². The summed E-state index contributed by atoms with van der Waals surface area (Å²) >= 11 is 6.05. The molecular weight excluding hydrogens is 276 g/mol. The first-order valence-corrected chi connectivity index (χ1v) is 7.13. The Kier molecular flexibility index (Phi) is 2.70. The number of piperidine rings is 1. The zero-order chi connectivity index (χ0) is 13.5. The Balaban J connectivity index is 1.99. The number of fused-ring (bicyclic) bond motifs is 3. The lowest BCUT2D eigenvalue weighted by molar-refractivity contribution is 0.574. The van der Waals surface area contributed by atoms with E-state index < -0.39 is 0 Å². The lowest BCUT2D eigenvalue weighted by atomic mass is 10.1. The van der Waals surface area contributed by atoms with Crippen LogP contribution in [0.15, 0.2) is 18.2 Å². The maximum Gasteiger partial charge on any atom is 0.222 e. The quantitative estimate of drug-likeness (QED) is 0.688. The van der Waals surface area contributed by atoms with Gasteiger partial charge in [-0.25, -0.2) is 4.98 Å². The molecule has 0 radical (unpaired) electrons. The number of nitrogens with zero attached hydrogens (tertiary/aromatic N) is 6. The summed E-state index contributed by atoms with van der Waals surface area (Å²) in [6.45, 7) is 2.02. The number of hydrogen-bond donors (Lipinski definition) is 0. The van der Waals surface area contributed by atoms with E-state index in [2.05, 4.69) is 20.4 Å². The van der Waals surface area contributed by atoms with E-state index in [1.54, 1.807) is 4.52 Å². The van der Waals surface area contributed by atoms with Crippen molar-refractivity contribution in [1.82, 2.24) is 25.0 Å². The smallest absolute Gasteiger partial charge is 0.222 e. The Morgan fingerprint density at radius 1 is 1.10 bits per heavy atom. The second-order valence-corrected chi connectivity index (χ2v) is 5.47. The number of anilines is 1. The van der Waals surface area contributed by atoms with Gasteiger partial charge in [0, 0.05) is 18.1 Å². The predicted molar refractivity (Wildman–Crippen MR) is 77.2 cm³/mol. The molecule has 0 aliphatic carbocycles. The van der Waals surface area contributed by atoms with Gasteiger partial charge in [-0.15, -0.1) is 5.10 Å². The molecule has 102 valence electrons. The second-order valence-electron chi connectivity index (χ2n) is 5.03. The summed E-state index contributed by atoms with van der Waals surface area (Å²) in [5, 5.41) is 12.6. The van der Waals surface area contributed by atoms with Gasteiger partial charge in [0.05, 0.1) is 11.0 Å². The molecule has 4 rings (SSSR count). The van der Waals surface area contributed by atoms with Gasteiger partial charge in [-0.2, -0.15) is 4.52 Å².